The molecular formula is C15H20BrNO3. The lowest BCUT2D eigenvalue weighted by atomic mass is 9.82. The lowest BCUT2D eigenvalue weighted by molar-refractivity contribution is 0.0286. The van der Waals surface area contributed by atoms with Gasteiger partial charge in [-0.3, -0.25) is 9.69 Å². The number of aliphatic hydroxyl groups is 1. The molecule has 0 bridgehead atoms. The van der Waals surface area contributed by atoms with Gasteiger partial charge in [0, 0.05) is 12.1 Å². The Morgan fingerprint density at radius 2 is 2.20 bits per heavy atom. The van der Waals surface area contributed by atoms with Crippen molar-refractivity contribution in [2.75, 3.05) is 27.2 Å². The van der Waals surface area contributed by atoms with Crippen LogP contribution in [0.15, 0.2) is 22.7 Å². The molecule has 1 aromatic carbocycles. The number of carbonyl (C=O) groups excluding carboxylic acids is 1. The lowest BCUT2D eigenvalue weighted by Gasteiger charge is -2.34. The molecule has 1 fully saturated rings. The molecule has 20 heavy (non-hydrogen) atoms. The molecule has 4 nitrogen and oxygen atoms in total. The van der Waals surface area contributed by atoms with Gasteiger partial charge in [-0.15, -0.1) is 0 Å². The molecule has 1 aliphatic rings. The topological polar surface area (TPSA) is 49.8 Å². The van der Waals surface area contributed by atoms with E-state index in [1.165, 1.54) is 0 Å². The maximum atomic E-state index is 12.2. The van der Waals surface area contributed by atoms with Gasteiger partial charge >= 0.3 is 0 Å². The van der Waals surface area contributed by atoms with Crippen molar-refractivity contribution in [3.05, 3.63) is 28.2 Å². The maximum absolute atomic E-state index is 12.2. The summed E-state index contributed by atoms with van der Waals surface area (Å²) >= 11 is 3.39. The van der Waals surface area contributed by atoms with Gasteiger partial charge in [0.15, 0.2) is 5.78 Å². The third-order valence-electron chi connectivity index (χ3n) is 3.67. The zero-order valence-electron chi connectivity index (χ0n) is 11.8. The van der Waals surface area contributed by atoms with Crippen LogP contribution in [0.5, 0.6) is 5.75 Å². The van der Waals surface area contributed by atoms with Gasteiger partial charge in [0.25, 0.3) is 0 Å². The van der Waals surface area contributed by atoms with Crippen molar-refractivity contribution in [2.24, 2.45) is 5.92 Å². The Hall–Kier alpha value is -0.910. The number of methoxy groups -OCH3 is 1. The summed E-state index contributed by atoms with van der Waals surface area (Å²) in [6, 6.07) is 5.37. The molecule has 0 spiro atoms. The number of benzene rings is 1. The molecule has 1 N–H and O–H groups in total. The van der Waals surface area contributed by atoms with Crippen LogP contribution in [0.1, 0.15) is 23.2 Å². The maximum Gasteiger partial charge on any atom is 0.176 e. The summed E-state index contributed by atoms with van der Waals surface area (Å²) in [6.07, 6.45) is 1.57. The Kier molecular flexibility index (Phi) is 5.18. The third kappa shape index (κ3) is 3.81. The number of ether oxygens (including phenoxy) is 1. The van der Waals surface area contributed by atoms with Gasteiger partial charge in [0.2, 0.25) is 0 Å². The fraction of sp³-hybridized carbons (Fsp3) is 0.533. The minimum Gasteiger partial charge on any atom is -0.496 e. The second kappa shape index (κ2) is 6.70. The van der Waals surface area contributed by atoms with Crippen LogP contribution in [0.25, 0.3) is 0 Å². The van der Waals surface area contributed by atoms with E-state index in [1.807, 2.05) is 11.9 Å². The van der Waals surface area contributed by atoms with Crippen molar-refractivity contribution < 1.29 is 14.6 Å². The molecule has 0 aliphatic heterocycles. The van der Waals surface area contributed by atoms with E-state index in [4.69, 9.17) is 4.74 Å². The molecule has 1 aliphatic carbocycles. The molecule has 2 rings (SSSR count). The Morgan fingerprint density at radius 3 is 2.75 bits per heavy atom. The summed E-state index contributed by atoms with van der Waals surface area (Å²) in [7, 11) is 3.55. The average molecular weight is 342 g/mol. The summed E-state index contributed by atoms with van der Waals surface area (Å²) in [4.78, 5) is 14.2. The number of Topliss-reactive ketones (excluding diaryl/α,β-unsaturated/α-hetero) is 1. The first-order chi connectivity index (χ1) is 9.49. The predicted molar refractivity (Wildman–Crippen MR) is 81.3 cm³/mol. The Balaban J connectivity index is 1.89. The quantitative estimate of drug-likeness (QED) is 0.807. The van der Waals surface area contributed by atoms with E-state index in [-0.39, 0.29) is 11.9 Å². The zero-order valence-corrected chi connectivity index (χ0v) is 13.4. The minimum absolute atomic E-state index is 0.0933. The predicted octanol–water partition coefficient (Wildman–Crippen LogP) is 2.34. The number of hydrogen-bond acceptors (Lipinski definition) is 4. The SMILES string of the molecule is COc1ccc(C(=O)CN(C)CC2CC(O)C2)cc1Br. The normalized spacial score (nSPS) is 21.6. The number of aliphatic hydroxyl groups excluding tert-OH is 1. The molecule has 5 heteroatoms. The summed E-state index contributed by atoms with van der Waals surface area (Å²) in [5.74, 6) is 1.33. The van der Waals surface area contributed by atoms with E-state index in [1.54, 1.807) is 25.3 Å². The van der Waals surface area contributed by atoms with E-state index in [0.717, 1.165) is 29.6 Å². The van der Waals surface area contributed by atoms with Crippen molar-refractivity contribution in [2.45, 2.75) is 18.9 Å². The van der Waals surface area contributed by atoms with E-state index >= 15 is 0 Å². The fourth-order valence-electron chi connectivity index (χ4n) is 2.53. The molecular weight excluding hydrogens is 322 g/mol. The van der Waals surface area contributed by atoms with Crippen LogP contribution in [0.3, 0.4) is 0 Å². The number of halogens is 1. The van der Waals surface area contributed by atoms with Crippen LogP contribution in [0.2, 0.25) is 0 Å². The number of rotatable bonds is 6. The van der Waals surface area contributed by atoms with Gasteiger partial charge in [-0.1, -0.05) is 0 Å². The van der Waals surface area contributed by atoms with Crippen LogP contribution >= 0.6 is 15.9 Å². The van der Waals surface area contributed by atoms with Crippen molar-refractivity contribution in [1.82, 2.24) is 4.90 Å². The summed E-state index contributed by atoms with van der Waals surface area (Å²) in [6.45, 7) is 1.26. The molecule has 0 aromatic heterocycles. The molecule has 0 saturated heterocycles. The summed E-state index contributed by atoms with van der Waals surface area (Å²) < 4.78 is 5.94. The molecule has 110 valence electrons. The lowest BCUT2D eigenvalue weighted by Crippen LogP contribution is -2.38. The van der Waals surface area contributed by atoms with E-state index in [0.29, 0.717) is 18.0 Å². The van der Waals surface area contributed by atoms with Gasteiger partial charge in [0.1, 0.15) is 5.75 Å². The number of hydrogen-bond donors (Lipinski definition) is 1. The fourth-order valence-corrected chi connectivity index (χ4v) is 3.07. The van der Waals surface area contributed by atoms with Gasteiger partial charge in [0.05, 0.1) is 24.2 Å². The summed E-state index contributed by atoms with van der Waals surface area (Å²) in [5, 5.41) is 9.27. The number of nitrogens with zero attached hydrogens (tertiary/aromatic N) is 1. The number of likely N-dealkylation sites (N-methyl/N-ethyl adjacent to an activating group) is 1. The van der Waals surface area contributed by atoms with Crippen molar-refractivity contribution in [1.29, 1.82) is 0 Å². The van der Waals surface area contributed by atoms with Crippen LogP contribution in [0.4, 0.5) is 0 Å². The van der Waals surface area contributed by atoms with Gasteiger partial charge in [-0.25, -0.2) is 0 Å². The number of carbonyl (C=O) groups is 1. The highest BCUT2D eigenvalue weighted by atomic mass is 79.9. The van der Waals surface area contributed by atoms with Crippen molar-refractivity contribution in [3.63, 3.8) is 0 Å². The van der Waals surface area contributed by atoms with Gasteiger partial charge < -0.3 is 9.84 Å². The minimum atomic E-state index is -0.137. The van der Waals surface area contributed by atoms with Crippen LogP contribution in [-0.2, 0) is 0 Å². The second-order valence-electron chi connectivity index (χ2n) is 5.46. The zero-order chi connectivity index (χ0) is 14.7. The molecule has 1 saturated carbocycles. The highest BCUT2D eigenvalue weighted by molar-refractivity contribution is 9.10. The molecule has 0 amide bonds. The molecule has 0 radical (unpaired) electrons. The largest absolute Gasteiger partial charge is 0.496 e. The van der Waals surface area contributed by atoms with Crippen LogP contribution in [-0.4, -0.2) is 49.1 Å². The first kappa shape index (κ1) is 15.5. The van der Waals surface area contributed by atoms with Gasteiger partial charge in [-0.05, 0) is 59.9 Å². The highest BCUT2D eigenvalue weighted by Gasteiger charge is 2.28. The Bertz CT molecular complexity index is 486. The van der Waals surface area contributed by atoms with Gasteiger partial charge in [-0.2, -0.15) is 0 Å². The van der Waals surface area contributed by atoms with Crippen LogP contribution < -0.4 is 4.74 Å². The van der Waals surface area contributed by atoms with Crippen molar-refractivity contribution in [3.8, 4) is 5.75 Å². The highest BCUT2D eigenvalue weighted by Crippen LogP contribution is 2.28. The summed E-state index contributed by atoms with van der Waals surface area (Å²) in [5.41, 5.74) is 0.679. The van der Waals surface area contributed by atoms with Crippen molar-refractivity contribution >= 4 is 21.7 Å². The standard InChI is InChI=1S/C15H20BrNO3/c1-17(8-10-5-12(18)6-10)9-14(19)11-3-4-15(20-2)13(16)7-11/h3-4,7,10,12,18H,5-6,8-9H2,1-2H3. The Morgan fingerprint density at radius 1 is 1.50 bits per heavy atom. The third-order valence-corrected chi connectivity index (χ3v) is 4.29. The number of ketones is 1. The second-order valence-corrected chi connectivity index (χ2v) is 6.31. The van der Waals surface area contributed by atoms with E-state index < -0.39 is 0 Å². The smallest absolute Gasteiger partial charge is 0.176 e. The molecule has 1 aromatic rings. The van der Waals surface area contributed by atoms with E-state index in [9.17, 15) is 9.90 Å². The van der Waals surface area contributed by atoms with Crippen LogP contribution in [0, 0.1) is 5.92 Å². The molecule has 0 heterocycles. The Labute approximate surface area is 127 Å². The first-order valence-electron chi connectivity index (χ1n) is 6.73. The molecule has 0 unspecified atom stereocenters. The van der Waals surface area contributed by atoms with E-state index in [2.05, 4.69) is 15.9 Å². The monoisotopic (exact) mass is 341 g/mol. The average Bonchev–Trinajstić information content (AvgIpc) is 2.36. The first-order valence-corrected chi connectivity index (χ1v) is 7.52. The molecule has 0 atom stereocenters.